The number of rotatable bonds is 7. The molecule has 0 bridgehead atoms. The quantitative estimate of drug-likeness (QED) is 0.782. The number of hydrogen-bond donors (Lipinski definition) is 2. The van der Waals surface area contributed by atoms with Gasteiger partial charge in [-0.15, -0.1) is 0 Å². The number of aryl methyl sites for hydroxylation is 1. The van der Waals surface area contributed by atoms with Gasteiger partial charge in [0.25, 0.3) is 0 Å². The van der Waals surface area contributed by atoms with Crippen LogP contribution in [0.1, 0.15) is 32.8 Å². The Hall–Kier alpha value is -1.06. The van der Waals surface area contributed by atoms with Gasteiger partial charge >= 0.3 is 0 Å². The summed E-state index contributed by atoms with van der Waals surface area (Å²) >= 11 is 0. The van der Waals surface area contributed by atoms with Crippen LogP contribution >= 0.6 is 0 Å². The molecule has 1 unspecified atom stereocenters. The first-order valence-corrected chi connectivity index (χ1v) is 6.49. The fraction of sp³-hybridized carbons (Fsp3) is 0.600. The standard InChI is InChI=1S/C15H25NO2/c1-12(16-11-15(2,3)17)5-6-13-7-9-14(18-4)10-8-13/h7-10,12,16-17H,5-6,11H2,1-4H3. The van der Waals surface area contributed by atoms with Gasteiger partial charge in [0.1, 0.15) is 5.75 Å². The minimum Gasteiger partial charge on any atom is -0.497 e. The van der Waals surface area contributed by atoms with Crippen molar-refractivity contribution in [2.45, 2.75) is 45.3 Å². The van der Waals surface area contributed by atoms with Crippen LogP contribution in [0.4, 0.5) is 0 Å². The van der Waals surface area contributed by atoms with Gasteiger partial charge in [-0.2, -0.15) is 0 Å². The molecule has 0 aliphatic rings. The van der Waals surface area contributed by atoms with Crippen LogP contribution in [-0.2, 0) is 6.42 Å². The topological polar surface area (TPSA) is 41.5 Å². The minimum absolute atomic E-state index is 0.401. The maximum atomic E-state index is 9.63. The van der Waals surface area contributed by atoms with Crippen molar-refractivity contribution in [2.24, 2.45) is 0 Å². The maximum absolute atomic E-state index is 9.63. The zero-order chi connectivity index (χ0) is 13.6. The third-order valence-electron chi connectivity index (χ3n) is 2.91. The Balaban J connectivity index is 2.31. The molecule has 0 spiro atoms. The first kappa shape index (κ1) is 15.0. The van der Waals surface area contributed by atoms with Crippen molar-refractivity contribution in [3.05, 3.63) is 29.8 Å². The summed E-state index contributed by atoms with van der Waals surface area (Å²) < 4.78 is 5.13. The van der Waals surface area contributed by atoms with Gasteiger partial charge in [-0.05, 0) is 51.3 Å². The molecule has 0 saturated heterocycles. The van der Waals surface area contributed by atoms with Gasteiger partial charge in [-0.3, -0.25) is 0 Å². The predicted molar refractivity (Wildman–Crippen MR) is 75.1 cm³/mol. The number of aliphatic hydroxyl groups is 1. The Labute approximate surface area is 110 Å². The van der Waals surface area contributed by atoms with Crippen molar-refractivity contribution in [3.63, 3.8) is 0 Å². The molecule has 0 amide bonds. The van der Waals surface area contributed by atoms with Crippen LogP contribution < -0.4 is 10.1 Å². The van der Waals surface area contributed by atoms with Crippen molar-refractivity contribution < 1.29 is 9.84 Å². The van der Waals surface area contributed by atoms with Gasteiger partial charge in [0.05, 0.1) is 12.7 Å². The Morgan fingerprint density at radius 3 is 2.39 bits per heavy atom. The zero-order valence-electron chi connectivity index (χ0n) is 11.9. The summed E-state index contributed by atoms with van der Waals surface area (Å²) in [4.78, 5) is 0. The van der Waals surface area contributed by atoms with Gasteiger partial charge < -0.3 is 15.2 Å². The van der Waals surface area contributed by atoms with Crippen LogP contribution in [-0.4, -0.2) is 30.4 Å². The second kappa shape index (κ2) is 6.76. The molecule has 0 fully saturated rings. The molecule has 3 heteroatoms. The van der Waals surface area contributed by atoms with Crippen LogP contribution in [0.3, 0.4) is 0 Å². The molecule has 0 heterocycles. The van der Waals surface area contributed by atoms with Crippen LogP contribution in [0.25, 0.3) is 0 Å². The van der Waals surface area contributed by atoms with Crippen molar-refractivity contribution in [2.75, 3.05) is 13.7 Å². The molecular formula is C15H25NO2. The van der Waals surface area contributed by atoms with E-state index < -0.39 is 5.60 Å². The highest BCUT2D eigenvalue weighted by molar-refractivity contribution is 5.27. The first-order chi connectivity index (χ1) is 8.40. The monoisotopic (exact) mass is 251 g/mol. The van der Waals surface area contributed by atoms with Gasteiger partial charge in [0.2, 0.25) is 0 Å². The lowest BCUT2D eigenvalue weighted by Crippen LogP contribution is -2.39. The molecule has 102 valence electrons. The van der Waals surface area contributed by atoms with E-state index in [4.69, 9.17) is 4.74 Å². The lowest BCUT2D eigenvalue weighted by Gasteiger charge is -2.21. The number of ether oxygens (including phenoxy) is 1. The third-order valence-corrected chi connectivity index (χ3v) is 2.91. The summed E-state index contributed by atoms with van der Waals surface area (Å²) in [5.41, 5.74) is 0.668. The summed E-state index contributed by atoms with van der Waals surface area (Å²) in [7, 11) is 1.68. The van der Waals surface area contributed by atoms with Crippen LogP contribution in [0.2, 0.25) is 0 Å². The second-order valence-electron chi connectivity index (χ2n) is 5.48. The van der Waals surface area contributed by atoms with Crippen molar-refractivity contribution in [1.82, 2.24) is 5.32 Å². The molecular weight excluding hydrogens is 226 g/mol. The second-order valence-corrected chi connectivity index (χ2v) is 5.48. The van der Waals surface area contributed by atoms with Gasteiger partial charge in [-0.1, -0.05) is 12.1 Å². The molecule has 1 aromatic rings. The normalized spacial score (nSPS) is 13.4. The lowest BCUT2D eigenvalue weighted by atomic mass is 10.0. The fourth-order valence-corrected chi connectivity index (χ4v) is 1.70. The summed E-state index contributed by atoms with van der Waals surface area (Å²) in [5, 5.41) is 13.0. The molecule has 0 aliphatic heterocycles. The van der Waals surface area contributed by atoms with E-state index in [-0.39, 0.29) is 0 Å². The van der Waals surface area contributed by atoms with E-state index in [0.29, 0.717) is 12.6 Å². The van der Waals surface area contributed by atoms with Crippen molar-refractivity contribution in [1.29, 1.82) is 0 Å². The Kier molecular flexibility index (Phi) is 5.63. The fourth-order valence-electron chi connectivity index (χ4n) is 1.70. The van der Waals surface area contributed by atoms with E-state index in [2.05, 4.69) is 24.4 Å². The molecule has 2 N–H and O–H groups in total. The van der Waals surface area contributed by atoms with E-state index in [1.54, 1.807) is 7.11 Å². The Morgan fingerprint density at radius 1 is 1.28 bits per heavy atom. The van der Waals surface area contributed by atoms with Gasteiger partial charge in [0, 0.05) is 12.6 Å². The van der Waals surface area contributed by atoms with E-state index in [1.165, 1.54) is 5.56 Å². The molecule has 1 atom stereocenters. The van der Waals surface area contributed by atoms with Crippen LogP contribution in [0, 0.1) is 0 Å². The van der Waals surface area contributed by atoms with Gasteiger partial charge in [-0.25, -0.2) is 0 Å². The highest BCUT2D eigenvalue weighted by Gasteiger charge is 2.13. The number of hydrogen-bond acceptors (Lipinski definition) is 3. The predicted octanol–water partition coefficient (Wildman–Crippen LogP) is 2.38. The number of benzene rings is 1. The molecule has 0 aromatic heterocycles. The number of nitrogens with one attached hydrogen (secondary N) is 1. The van der Waals surface area contributed by atoms with Crippen LogP contribution in [0.5, 0.6) is 5.75 Å². The molecule has 1 rings (SSSR count). The van der Waals surface area contributed by atoms with Crippen molar-refractivity contribution >= 4 is 0 Å². The first-order valence-electron chi connectivity index (χ1n) is 6.49. The summed E-state index contributed by atoms with van der Waals surface area (Å²) in [6.45, 7) is 6.40. The Bertz CT molecular complexity index is 341. The van der Waals surface area contributed by atoms with Gasteiger partial charge in [0.15, 0.2) is 0 Å². The summed E-state index contributed by atoms with van der Waals surface area (Å²) in [5.74, 6) is 0.895. The highest BCUT2D eigenvalue weighted by Crippen LogP contribution is 2.13. The number of methoxy groups -OCH3 is 1. The van der Waals surface area contributed by atoms with Crippen molar-refractivity contribution in [3.8, 4) is 5.75 Å². The van der Waals surface area contributed by atoms with Crippen LogP contribution in [0.15, 0.2) is 24.3 Å². The largest absolute Gasteiger partial charge is 0.497 e. The average molecular weight is 251 g/mol. The molecule has 1 aromatic carbocycles. The summed E-state index contributed by atoms with van der Waals surface area (Å²) in [6.07, 6.45) is 2.09. The highest BCUT2D eigenvalue weighted by atomic mass is 16.5. The summed E-state index contributed by atoms with van der Waals surface area (Å²) in [6, 6.07) is 8.58. The minimum atomic E-state index is -0.644. The smallest absolute Gasteiger partial charge is 0.118 e. The van der Waals surface area contributed by atoms with E-state index >= 15 is 0 Å². The van der Waals surface area contributed by atoms with E-state index in [0.717, 1.165) is 18.6 Å². The SMILES string of the molecule is COc1ccc(CCC(C)NCC(C)(C)O)cc1. The molecule has 3 nitrogen and oxygen atoms in total. The lowest BCUT2D eigenvalue weighted by molar-refractivity contribution is 0.0767. The molecule has 0 radical (unpaired) electrons. The average Bonchev–Trinajstić information content (AvgIpc) is 2.33. The third kappa shape index (κ3) is 6.03. The molecule has 0 saturated carbocycles. The van der Waals surface area contributed by atoms with E-state index in [1.807, 2.05) is 26.0 Å². The maximum Gasteiger partial charge on any atom is 0.118 e. The molecule has 18 heavy (non-hydrogen) atoms. The van der Waals surface area contributed by atoms with E-state index in [9.17, 15) is 5.11 Å². The zero-order valence-corrected chi connectivity index (χ0v) is 11.9. The Morgan fingerprint density at radius 2 is 1.89 bits per heavy atom. The molecule has 0 aliphatic carbocycles.